The summed E-state index contributed by atoms with van der Waals surface area (Å²) in [5.74, 6) is -1.24. The van der Waals surface area contributed by atoms with Crippen molar-refractivity contribution < 1.29 is 43.2 Å². The van der Waals surface area contributed by atoms with E-state index in [2.05, 4.69) is 31.4 Å². The number of esters is 1. The summed E-state index contributed by atoms with van der Waals surface area (Å²) >= 11 is 6.82. The summed E-state index contributed by atoms with van der Waals surface area (Å²) in [5.41, 5.74) is 0.718. The quantitative estimate of drug-likeness (QED) is 0.0321. The lowest BCUT2D eigenvalue weighted by Crippen LogP contribution is -2.23. The van der Waals surface area contributed by atoms with Gasteiger partial charge in [0.2, 0.25) is 6.61 Å². The highest BCUT2D eigenvalue weighted by Gasteiger charge is 2.27. The molecule has 1 aromatic carbocycles. The molecule has 0 aromatic heterocycles. The fraction of sp³-hybridized carbons (Fsp3) is 0.552. The number of carboxylic acids is 1. The molecule has 1 atom stereocenters. The Morgan fingerprint density at radius 2 is 1.76 bits per heavy atom. The largest absolute Gasteiger partial charge is 0.479 e. The highest BCUT2D eigenvalue weighted by Crippen LogP contribution is 2.39. The number of allylic oxidation sites excluding steroid dienone is 3. The zero-order chi connectivity index (χ0) is 30.8. The Balaban J connectivity index is 3.66. The second kappa shape index (κ2) is 19.3. The van der Waals surface area contributed by atoms with Gasteiger partial charge in [0.25, 0.3) is 0 Å². The van der Waals surface area contributed by atoms with Gasteiger partial charge < -0.3 is 33.6 Å². The van der Waals surface area contributed by atoms with Gasteiger partial charge in [-0.1, -0.05) is 55.5 Å². The monoisotopic (exact) mass is 613 g/mol. The third-order valence-electron chi connectivity index (χ3n) is 5.53. The minimum absolute atomic E-state index is 0.0211. The van der Waals surface area contributed by atoms with Crippen LogP contribution < -0.4 is 9.47 Å². The Morgan fingerprint density at radius 1 is 1.12 bits per heavy atom. The molecule has 1 N–H and O–H groups in total. The van der Waals surface area contributed by atoms with Crippen LogP contribution >= 0.6 is 11.6 Å². The van der Waals surface area contributed by atoms with Crippen LogP contribution in [-0.2, 0) is 30.3 Å². The molecular formula is C29H44ClNO9Si. The van der Waals surface area contributed by atoms with Crippen LogP contribution in [0.4, 0.5) is 0 Å². The van der Waals surface area contributed by atoms with Gasteiger partial charge in [0.05, 0.1) is 17.3 Å². The molecular weight excluding hydrogens is 570 g/mol. The maximum Gasteiger partial charge on any atom is 0.344 e. The predicted octanol–water partition coefficient (Wildman–Crippen LogP) is 6.35. The van der Waals surface area contributed by atoms with Gasteiger partial charge >= 0.3 is 11.9 Å². The fourth-order valence-electron chi connectivity index (χ4n) is 3.16. The molecule has 0 aliphatic heterocycles. The van der Waals surface area contributed by atoms with Gasteiger partial charge in [-0.15, -0.1) is 6.58 Å². The second-order valence-corrected chi connectivity index (χ2v) is 16.3. The maximum absolute atomic E-state index is 13.5. The first-order chi connectivity index (χ1) is 19.4. The number of benzene rings is 1. The lowest BCUT2D eigenvalue weighted by molar-refractivity contribution is -0.142. The van der Waals surface area contributed by atoms with E-state index in [0.29, 0.717) is 30.9 Å². The Morgan fingerprint density at radius 3 is 2.32 bits per heavy atom. The van der Waals surface area contributed by atoms with Crippen molar-refractivity contribution in [3.8, 4) is 11.5 Å². The summed E-state index contributed by atoms with van der Waals surface area (Å²) in [5, 5.41) is 13.2. The summed E-state index contributed by atoms with van der Waals surface area (Å²) in [6.45, 7) is 16.2. The summed E-state index contributed by atoms with van der Waals surface area (Å²) in [6.07, 6.45) is 5.99. The first kappa shape index (κ1) is 36.2. The van der Waals surface area contributed by atoms with Gasteiger partial charge in [-0.25, -0.2) is 9.59 Å². The van der Waals surface area contributed by atoms with Crippen molar-refractivity contribution >= 4 is 37.3 Å². The number of aliphatic carboxylic acids is 1. The number of carboxylic acid groups (broad SMARTS) is 1. The third-order valence-corrected chi connectivity index (χ3v) is 7.65. The molecule has 230 valence electrons. The Labute approximate surface area is 249 Å². The first-order valence-corrected chi connectivity index (χ1v) is 17.6. The molecule has 0 aliphatic rings. The molecule has 1 aromatic rings. The van der Waals surface area contributed by atoms with E-state index in [9.17, 15) is 9.59 Å². The molecule has 12 heteroatoms. The minimum atomic E-state index is -1.48. The lowest BCUT2D eigenvalue weighted by Gasteiger charge is -2.20. The van der Waals surface area contributed by atoms with E-state index in [0.717, 1.165) is 6.04 Å². The summed E-state index contributed by atoms with van der Waals surface area (Å²) < 4.78 is 28.0. The van der Waals surface area contributed by atoms with E-state index in [1.807, 2.05) is 32.9 Å². The number of rotatable bonds is 21. The predicted molar refractivity (Wildman–Crippen MR) is 162 cm³/mol. The van der Waals surface area contributed by atoms with Crippen LogP contribution in [0.3, 0.4) is 0 Å². The summed E-state index contributed by atoms with van der Waals surface area (Å²) in [7, 11) is -1.48. The Kier molecular flexibility index (Phi) is 17.0. The number of carbonyl (C=O) groups is 2. The molecule has 0 amide bonds. The molecule has 0 spiro atoms. The van der Waals surface area contributed by atoms with E-state index >= 15 is 0 Å². The number of nitrogens with zero attached hydrogens (tertiary/aromatic N) is 1. The van der Waals surface area contributed by atoms with Crippen LogP contribution in [0.25, 0.3) is 0 Å². The molecule has 0 aliphatic carbocycles. The average Bonchev–Trinajstić information content (AvgIpc) is 2.89. The van der Waals surface area contributed by atoms with Crippen LogP contribution in [0.2, 0.25) is 30.7 Å². The second-order valence-electron chi connectivity index (χ2n) is 10.3. The molecule has 0 heterocycles. The molecule has 0 fully saturated rings. The smallest absolute Gasteiger partial charge is 0.344 e. The summed E-state index contributed by atoms with van der Waals surface area (Å²) in [4.78, 5) is 29.6. The van der Waals surface area contributed by atoms with Crippen LogP contribution in [0.1, 0.15) is 43.1 Å². The Hall–Kier alpha value is -2.86. The minimum Gasteiger partial charge on any atom is -0.479 e. The normalized spacial score (nSPS) is 12.7. The van der Waals surface area contributed by atoms with E-state index in [1.165, 1.54) is 6.07 Å². The van der Waals surface area contributed by atoms with E-state index < -0.39 is 26.6 Å². The SMILES string of the molecule is C=CC(C)C/C=C/C(Cc1c(Cl)c(OCOCC)cc(OCOCC)c1C(=O)OCC[Si](C)(C)C)=NOCC(=O)O. The average molecular weight is 614 g/mol. The van der Waals surface area contributed by atoms with Crippen molar-refractivity contribution in [1.29, 1.82) is 0 Å². The van der Waals surface area contributed by atoms with Gasteiger partial charge in [-0.05, 0) is 43.9 Å². The molecule has 1 rings (SSSR count). The number of hydrogen-bond donors (Lipinski definition) is 1. The standard InChI is InChI=1S/C29H44ClNO9Si/c1-8-21(4)12-11-13-22(31-40-18-26(32)33)16-23-27(29(34)37-14-15-41(5,6)7)24(38-19-35-9-2)17-25(28(23)30)39-20-36-10-3/h8,11,13,17,21H,1,9-10,12,14-16,18-20H2,2-7H3,(H,32,33)/b13-11+,31-22?. The van der Waals surface area contributed by atoms with E-state index in [1.54, 1.807) is 6.08 Å². The van der Waals surface area contributed by atoms with E-state index in [-0.39, 0.29) is 54.6 Å². The molecule has 41 heavy (non-hydrogen) atoms. The van der Waals surface area contributed by atoms with Gasteiger partial charge in [-0.3, -0.25) is 0 Å². The molecule has 0 saturated heterocycles. The summed E-state index contributed by atoms with van der Waals surface area (Å²) in [6, 6.07) is 2.27. The van der Waals surface area contributed by atoms with Crippen LogP contribution in [0.15, 0.2) is 36.0 Å². The number of hydrogen-bond acceptors (Lipinski definition) is 9. The number of halogens is 1. The molecule has 0 saturated carbocycles. The number of carbonyl (C=O) groups excluding carboxylic acids is 1. The fourth-order valence-corrected chi connectivity index (χ4v) is 4.14. The molecule has 0 bridgehead atoms. The lowest BCUT2D eigenvalue weighted by atomic mass is 9.99. The van der Waals surface area contributed by atoms with Crippen molar-refractivity contribution in [3.05, 3.63) is 47.0 Å². The molecule has 1 unspecified atom stereocenters. The van der Waals surface area contributed by atoms with Crippen molar-refractivity contribution in [2.75, 3.05) is 40.0 Å². The topological polar surface area (TPSA) is 122 Å². The highest BCUT2D eigenvalue weighted by molar-refractivity contribution is 6.76. The van der Waals surface area contributed by atoms with Gasteiger partial charge in [0.1, 0.15) is 17.1 Å². The van der Waals surface area contributed by atoms with Gasteiger partial charge in [0, 0.05) is 33.8 Å². The Bertz CT molecular complexity index is 1050. The van der Waals surface area contributed by atoms with Crippen LogP contribution in [0.5, 0.6) is 11.5 Å². The van der Waals surface area contributed by atoms with Gasteiger partial charge in [-0.2, -0.15) is 0 Å². The zero-order valence-corrected chi connectivity index (χ0v) is 26.8. The van der Waals surface area contributed by atoms with Crippen molar-refractivity contribution in [3.63, 3.8) is 0 Å². The zero-order valence-electron chi connectivity index (χ0n) is 25.0. The van der Waals surface area contributed by atoms with Crippen molar-refractivity contribution in [2.24, 2.45) is 11.1 Å². The number of oxime groups is 1. The maximum atomic E-state index is 13.5. The number of ether oxygens (including phenoxy) is 5. The third kappa shape index (κ3) is 14.5. The van der Waals surface area contributed by atoms with Crippen molar-refractivity contribution in [1.82, 2.24) is 0 Å². The molecule has 0 radical (unpaired) electrons. The van der Waals surface area contributed by atoms with Gasteiger partial charge in [0.15, 0.2) is 13.6 Å². The highest BCUT2D eigenvalue weighted by atomic mass is 35.5. The van der Waals surface area contributed by atoms with Crippen LogP contribution in [-0.4, -0.2) is 70.8 Å². The van der Waals surface area contributed by atoms with E-state index in [4.69, 9.17) is 45.2 Å². The first-order valence-electron chi connectivity index (χ1n) is 13.6. The van der Waals surface area contributed by atoms with Crippen molar-refractivity contribution in [2.45, 2.75) is 59.3 Å². The molecule has 10 nitrogen and oxygen atoms in total. The van der Waals surface area contributed by atoms with Crippen LogP contribution in [0, 0.1) is 5.92 Å².